The van der Waals surface area contributed by atoms with E-state index < -0.39 is 5.92 Å². The van der Waals surface area contributed by atoms with Crippen LogP contribution in [0.4, 0.5) is 5.00 Å². The smallest absolute Gasteiger partial charge is 0.162 e. The molecule has 0 radical (unpaired) electrons. The largest absolute Gasteiger partial charge is 0.384 e. The lowest BCUT2D eigenvalue weighted by molar-refractivity contribution is -0.118. The number of thiophene rings is 1. The van der Waals surface area contributed by atoms with E-state index in [0.717, 1.165) is 47.5 Å². The summed E-state index contributed by atoms with van der Waals surface area (Å²) in [4.78, 5) is 16.7. The summed E-state index contributed by atoms with van der Waals surface area (Å²) in [6.45, 7) is 4.18. The van der Waals surface area contributed by atoms with Gasteiger partial charge in [-0.3, -0.25) is 9.69 Å². The summed E-state index contributed by atoms with van der Waals surface area (Å²) in [7, 11) is 0. The summed E-state index contributed by atoms with van der Waals surface area (Å²) in [5, 5.41) is 21.1. The number of carbonyl (C=O) groups is 1. The molecule has 0 spiro atoms. The van der Waals surface area contributed by atoms with Crippen LogP contribution in [0.2, 0.25) is 0 Å². The first-order valence-corrected chi connectivity index (χ1v) is 12.2. The van der Waals surface area contributed by atoms with Crippen molar-refractivity contribution < 1.29 is 4.79 Å². The van der Waals surface area contributed by atoms with Gasteiger partial charge in [0.15, 0.2) is 5.78 Å². The van der Waals surface area contributed by atoms with Gasteiger partial charge in [-0.1, -0.05) is 44.2 Å². The maximum Gasteiger partial charge on any atom is 0.162 e. The second-order valence-electron chi connectivity index (χ2n) is 9.89. The number of allylic oxidation sites excluding steroid dienone is 3. The zero-order valence-electron chi connectivity index (χ0n) is 18.9. The molecule has 1 aromatic carbocycles. The van der Waals surface area contributed by atoms with Gasteiger partial charge in [0.25, 0.3) is 0 Å². The van der Waals surface area contributed by atoms with Gasteiger partial charge in [-0.15, -0.1) is 11.3 Å². The van der Waals surface area contributed by atoms with E-state index in [0.29, 0.717) is 35.4 Å². The molecule has 2 aliphatic carbocycles. The molecule has 0 fully saturated rings. The molecule has 1 atom stereocenters. The van der Waals surface area contributed by atoms with Crippen molar-refractivity contribution in [2.75, 3.05) is 4.90 Å². The van der Waals surface area contributed by atoms with Crippen LogP contribution < -0.4 is 10.6 Å². The number of ketones is 1. The van der Waals surface area contributed by atoms with Gasteiger partial charge in [-0.25, -0.2) is 0 Å². The van der Waals surface area contributed by atoms with Gasteiger partial charge in [-0.2, -0.15) is 10.5 Å². The molecule has 0 saturated carbocycles. The molecular weight excluding hydrogens is 428 g/mol. The van der Waals surface area contributed by atoms with Crippen LogP contribution in [0.3, 0.4) is 0 Å². The van der Waals surface area contributed by atoms with Crippen molar-refractivity contribution in [1.29, 1.82) is 10.5 Å². The molecule has 1 unspecified atom stereocenters. The maximum atomic E-state index is 13.6. The molecule has 6 heteroatoms. The van der Waals surface area contributed by atoms with Crippen LogP contribution in [0, 0.1) is 28.1 Å². The van der Waals surface area contributed by atoms with E-state index in [9.17, 15) is 15.3 Å². The predicted molar refractivity (Wildman–Crippen MR) is 129 cm³/mol. The van der Waals surface area contributed by atoms with E-state index in [1.807, 2.05) is 35.2 Å². The molecule has 5 nitrogen and oxygen atoms in total. The average Bonchev–Trinajstić information content (AvgIpc) is 3.16. The van der Waals surface area contributed by atoms with Gasteiger partial charge in [0.05, 0.1) is 23.1 Å². The summed E-state index contributed by atoms with van der Waals surface area (Å²) < 4.78 is 0. The quantitative estimate of drug-likeness (QED) is 0.652. The van der Waals surface area contributed by atoms with Crippen LogP contribution in [-0.2, 0) is 17.6 Å². The Morgan fingerprint density at radius 3 is 2.52 bits per heavy atom. The first-order valence-electron chi connectivity index (χ1n) is 11.4. The van der Waals surface area contributed by atoms with Crippen LogP contribution >= 0.6 is 11.3 Å². The first kappa shape index (κ1) is 21.5. The monoisotopic (exact) mass is 454 g/mol. The number of fused-ring (bicyclic) bond motifs is 1. The lowest BCUT2D eigenvalue weighted by Crippen LogP contribution is -2.42. The van der Waals surface area contributed by atoms with Gasteiger partial charge in [0.1, 0.15) is 16.9 Å². The molecule has 1 aromatic heterocycles. The van der Waals surface area contributed by atoms with Crippen LogP contribution in [0.5, 0.6) is 0 Å². The molecule has 2 aromatic rings. The Morgan fingerprint density at radius 2 is 1.82 bits per heavy atom. The number of anilines is 1. The standard InChI is InChI=1S/C27H26N4OS/c1-27(2)12-20-24(21(32)13-27)23(16-8-4-3-5-9-16)19(15-29)25(30)31(20)26-18(14-28)17-10-6-7-11-22(17)33-26/h3-5,8-9,23H,6-7,10-13,30H2,1-2H3. The summed E-state index contributed by atoms with van der Waals surface area (Å²) in [6.07, 6.45) is 5.11. The number of rotatable bonds is 2. The Bertz CT molecular complexity index is 1300. The van der Waals surface area contributed by atoms with Crippen LogP contribution in [0.1, 0.15) is 67.0 Å². The SMILES string of the molecule is CC1(C)CC(=O)C2=C(C1)N(c1sc3c(c1C#N)CCCC3)C(N)=C(C#N)C2c1ccccc1. The number of hydrogen-bond donors (Lipinski definition) is 1. The summed E-state index contributed by atoms with van der Waals surface area (Å²) in [5.74, 6) is -0.0861. The Labute approximate surface area is 198 Å². The van der Waals surface area contributed by atoms with Crippen molar-refractivity contribution in [2.24, 2.45) is 11.1 Å². The Kier molecular flexibility index (Phi) is 5.15. The fourth-order valence-electron chi connectivity index (χ4n) is 5.54. The highest BCUT2D eigenvalue weighted by Gasteiger charge is 2.45. The van der Waals surface area contributed by atoms with Crippen LogP contribution in [-0.4, -0.2) is 5.78 Å². The fraction of sp³-hybridized carbons (Fsp3) is 0.370. The number of aryl methyl sites for hydroxylation is 1. The topological polar surface area (TPSA) is 93.9 Å². The third-order valence-corrected chi connectivity index (χ3v) is 8.26. The van der Waals surface area contributed by atoms with Crippen molar-refractivity contribution in [1.82, 2.24) is 0 Å². The molecule has 0 bridgehead atoms. The number of nitrogens with zero attached hydrogens (tertiary/aromatic N) is 3. The number of hydrogen-bond acceptors (Lipinski definition) is 6. The highest BCUT2D eigenvalue weighted by atomic mass is 32.1. The van der Waals surface area contributed by atoms with Gasteiger partial charge in [0.2, 0.25) is 0 Å². The van der Waals surface area contributed by atoms with Crippen LogP contribution in [0.25, 0.3) is 0 Å². The van der Waals surface area contributed by atoms with Gasteiger partial charge in [-0.05, 0) is 48.6 Å². The van der Waals surface area contributed by atoms with E-state index in [-0.39, 0.29) is 11.2 Å². The summed E-state index contributed by atoms with van der Waals surface area (Å²) in [6, 6.07) is 14.4. The zero-order chi connectivity index (χ0) is 23.3. The lowest BCUT2D eigenvalue weighted by atomic mass is 9.68. The number of Topliss-reactive ketones (excluding diaryl/α,β-unsaturated/α-hetero) is 1. The molecule has 2 N–H and O–H groups in total. The zero-order valence-corrected chi connectivity index (χ0v) is 19.8. The van der Waals surface area contributed by atoms with Gasteiger partial charge >= 0.3 is 0 Å². The fourth-order valence-corrected chi connectivity index (χ4v) is 6.92. The first-order chi connectivity index (χ1) is 15.9. The molecule has 0 saturated heterocycles. The number of nitrogens with two attached hydrogens (primary N) is 1. The third kappa shape index (κ3) is 3.37. The summed E-state index contributed by atoms with van der Waals surface area (Å²) in [5.41, 5.74) is 11.0. The van der Waals surface area contributed by atoms with Crippen molar-refractivity contribution >= 4 is 22.1 Å². The van der Waals surface area contributed by atoms with E-state index >= 15 is 0 Å². The average molecular weight is 455 g/mol. The van der Waals surface area contributed by atoms with Crippen molar-refractivity contribution in [3.63, 3.8) is 0 Å². The highest BCUT2D eigenvalue weighted by molar-refractivity contribution is 7.16. The Balaban J connectivity index is 1.79. The van der Waals surface area contributed by atoms with E-state index in [1.54, 1.807) is 11.3 Å². The second-order valence-corrected chi connectivity index (χ2v) is 11.0. The second kappa shape index (κ2) is 7.90. The summed E-state index contributed by atoms with van der Waals surface area (Å²) >= 11 is 1.60. The Morgan fingerprint density at radius 1 is 1.09 bits per heavy atom. The molecule has 3 aliphatic rings. The molecule has 166 valence electrons. The maximum absolute atomic E-state index is 13.6. The van der Waals surface area contributed by atoms with Gasteiger partial charge < -0.3 is 5.73 Å². The van der Waals surface area contributed by atoms with Crippen molar-refractivity contribution in [2.45, 2.75) is 58.3 Å². The van der Waals surface area contributed by atoms with E-state index in [1.165, 1.54) is 4.88 Å². The predicted octanol–water partition coefficient (Wildman–Crippen LogP) is 5.44. The van der Waals surface area contributed by atoms with Crippen LogP contribution in [0.15, 0.2) is 53.0 Å². The molecule has 1 aliphatic heterocycles. The number of carbonyl (C=O) groups excluding carboxylic acids is 1. The molecule has 2 heterocycles. The van der Waals surface area contributed by atoms with Crippen molar-refractivity contribution in [3.05, 3.63) is 74.6 Å². The number of nitriles is 2. The highest BCUT2D eigenvalue weighted by Crippen LogP contribution is 2.52. The lowest BCUT2D eigenvalue weighted by Gasteiger charge is -2.43. The molecule has 0 amide bonds. The third-order valence-electron chi connectivity index (χ3n) is 6.98. The number of benzene rings is 1. The minimum Gasteiger partial charge on any atom is -0.384 e. The van der Waals surface area contributed by atoms with E-state index in [4.69, 9.17) is 5.73 Å². The minimum absolute atomic E-state index is 0.0557. The molecule has 33 heavy (non-hydrogen) atoms. The molecule has 5 rings (SSSR count). The Hall–Kier alpha value is -3.35. The van der Waals surface area contributed by atoms with E-state index in [2.05, 4.69) is 26.0 Å². The normalized spacial score (nSPS) is 21.9. The van der Waals surface area contributed by atoms with Crippen molar-refractivity contribution in [3.8, 4) is 12.1 Å². The minimum atomic E-state index is -0.480. The van der Waals surface area contributed by atoms with Gasteiger partial charge in [0, 0.05) is 22.6 Å². The molecular formula is C27H26N4OS.